The molecule has 1 fully saturated rings. The lowest BCUT2D eigenvalue weighted by molar-refractivity contribution is 0.0790. The van der Waals surface area contributed by atoms with Gasteiger partial charge in [0.1, 0.15) is 0 Å². The number of amides is 1. The molecule has 1 saturated heterocycles. The Bertz CT molecular complexity index is 681. The van der Waals surface area contributed by atoms with E-state index in [2.05, 4.69) is 23.6 Å². The number of hydrogen-bond donors (Lipinski definition) is 1. The molecule has 1 aliphatic rings. The Kier molecular flexibility index (Phi) is 5.50. The highest BCUT2D eigenvalue weighted by molar-refractivity contribution is 5.96. The van der Waals surface area contributed by atoms with E-state index in [1.807, 2.05) is 36.1 Å². The second-order valence-corrected chi connectivity index (χ2v) is 6.16. The average Bonchev–Trinajstić information content (AvgIpc) is 3.06. The normalized spacial score (nSPS) is 17.2. The molecule has 124 valence electrons. The Morgan fingerprint density at radius 3 is 2.57 bits per heavy atom. The summed E-state index contributed by atoms with van der Waals surface area (Å²) in [5.41, 5.74) is 10.1. The monoisotopic (exact) mass is 333 g/mol. The number of halogens is 1. The summed E-state index contributed by atoms with van der Waals surface area (Å²) in [4.78, 5) is 14.6. The maximum atomic E-state index is 12.7. The fourth-order valence-corrected chi connectivity index (χ4v) is 3.17. The van der Waals surface area contributed by atoms with Crippen LogP contribution in [-0.2, 0) is 6.54 Å². The summed E-state index contributed by atoms with van der Waals surface area (Å²) < 4.78 is 2.21. The molecule has 3 rings (SSSR count). The molecular formula is C18H24ClN3O. The SMILES string of the molecule is Cc1cc(C(=O)N2CC[C@@H](N)C2)c(C)n1Cc1ccccc1.Cl. The van der Waals surface area contributed by atoms with Gasteiger partial charge in [0.15, 0.2) is 0 Å². The fraction of sp³-hybridized carbons (Fsp3) is 0.389. The molecule has 1 aromatic carbocycles. The van der Waals surface area contributed by atoms with Crippen LogP contribution in [0.15, 0.2) is 36.4 Å². The fourth-order valence-electron chi connectivity index (χ4n) is 3.17. The van der Waals surface area contributed by atoms with Gasteiger partial charge in [-0.15, -0.1) is 12.4 Å². The number of nitrogens with zero attached hydrogens (tertiary/aromatic N) is 2. The van der Waals surface area contributed by atoms with Crippen LogP contribution in [0.5, 0.6) is 0 Å². The molecule has 1 amide bonds. The van der Waals surface area contributed by atoms with Crippen LogP contribution in [0.2, 0.25) is 0 Å². The van der Waals surface area contributed by atoms with Gasteiger partial charge in [-0.2, -0.15) is 0 Å². The van der Waals surface area contributed by atoms with Crippen LogP contribution in [0.1, 0.15) is 33.7 Å². The minimum atomic E-state index is 0. The molecule has 0 aliphatic carbocycles. The third kappa shape index (κ3) is 3.59. The molecular weight excluding hydrogens is 310 g/mol. The molecule has 0 unspecified atom stereocenters. The van der Waals surface area contributed by atoms with E-state index in [9.17, 15) is 4.79 Å². The molecule has 0 radical (unpaired) electrons. The maximum Gasteiger partial charge on any atom is 0.255 e. The van der Waals surface area contributed by atoms with Crippen molar-refractivity contribution in [2.24, 2.45) is 5.73 Å². The van der Waals surface area contributed by atoms with E-state index < -0.39 is 0 Å². The number of aromatic nitrogens is 1. The van der Waals surface area contributed by atoms with E-state index in [0.717, 1.165) is 36.5 Å². The topological polar surface area (TPSA) is 51.3 Å². The minimum absolute atomic E-state index is 0. The Hall–Kier alpha value is -1.78. The largest absolute Gasteiger partial charge is 0.344 e. The number of carbonyl (C=O) groups excluding carboxylic acids is 1. The van der Waals surface area contributed by atoms with E-state index in [0.29, 0.717) is 6.54 Å². The quantitative estimate of drug-likeness (QED) is 0.939. The molecule has 2 N–H and O–H groups in total. The second-order valence-electron chi connectivity index (χ2n) is 6.16. The predicted molar refractivity (Wildman–Crippen MR) is 95.2 cm³/mol. The van der Waals surface area contributed by atoms with E-state index >= 15 is 0 Å². The zero-order chi connectivity index (χ0) is 15.7. The van der Waals surface area contributed by atoms with Gasteiger partial charge in [0.25, 0.3) is 5.91 Å². The van der Waals surface area contributed by atoms with Crippen molar-refractivity contribution in [3.8, 4) is 0 Å². The van der Waals surface area contributed by atoms with Crippen molar-refractivity contribution in [2.45, 2.75) is 32.9 Å². The molecule has 2 aromatic rings. The van der Waals surface area contributed by atoms with E-state index in [1.54, 1.807) is 0 Å². The number of benzene rings is 1. The van der Waals surface area contributed by atoms with Crippen LogP contribution >= 0.6 is 12.4 Å². The summed E-state index contributed by atoms with van der Waals surface area (Å²) in [6.07, 6.45) is 0.897. The lowest BCUT2D eigenvalue weighted by Gasteiger charge is -2.16. The molecule has 5 heteroatoms. The van der Waals surface area contributed by atoms with Crippen molar-refractivity contribution in [3.05, 3.63) is 58.9 Å². The van der Waals surface area contributed by atoms with Gasteiger partial charge in [0.05, 0.1) is 5.56 Å². The summed E-state index contributed by atoms with van der Waals surface area (Å²) in [5, 5.41) is 0. The summed E-state index contributed by atoms with van der Waals surface area (Å²) >= 11 is 0. The number of nitrogens with two attached hydrogens (primary N) is 1. The Labute approximate surface area is 143 Å². The highest BCUT2D eigenvalue weighted by Crippen LogP contribution is 2.20. The number of hydrogen-bond acceptors (Lipinski definition) is 2. The minimum Gasteiger partial charge on any atom is -0.344 e. The highest BCUT2D eigenvalue weighted by Gasteiger charge is 2.27. The molecule has 0 bridgehead atoms. The maximum absolute atomic E-state index is 12.7. The van der Waals surface area contributed by atoms with E-state index in [-0.39, 0.29) is 24.4 Å². The predicted octanol–water partition coefficient (Wildman–Crippen LogP) is 2.75. The van der Waals surface area contributed by atoms with Crippen molar-refractivity contribution in [2.75, 3.05) is 13.1 Å². The van der Waals surface area contributed by atoms with Crippen LogP contribution in [-0.4, -0.2) is 34.5 Å². The standard InChI is InChI=1S/C18H23N3O.ClH/c1-13-10-17(18(22)20-9-8-16(19)12-20)14(2)21(13)11-15-6-4-3-5-7-15;/h3-7,10,16H,8-9,11-12,19H2,1-2H3;1H/t16-;/m1./s1. The zero-order valence-electron chi connectivity index (χ0n) is 13.7. The first-order chi connectivity index (χ1) is 10.6. The molecule has 0 spiro atoms. The number of aryl methyl sites for hydroxylation is 1. The van der Waals surface area contributed by atoms with Gasteiger partial charge in [-0.1, -0.05) is 30.3 Å². The van der Waals surface area contributed by atoms with Gasteiger partial charge >= 0.3 is 0 Å². The second kappa shape index (κ2) is 7.20. The lowest BCUT2D eigenvalue weighted by atomic mass is 10.2. The summed E-state index contributed by atoms with van der Waals surface area (Å²) in [6, 6.07) is 12.5. The van der Waals surface area contributed by atoms with Gasteiger partial charge in [-0.05, 0) is 31.9 Å². The third-order valence-electron chi connectivity index (χ3n) is 4.50. The summed E-state index contributed by atoms with van der Waals surface area (Å²) in [7, 11) is 0. The molecule has 0 saturated carbocycles. The number of carbonyl (C=O) groups is 1. The zero-order valence-corrected chi connectivity index (χ0v) is 14.5. The van der Waals surface area contributed by atoms with Crippen molar-refractivity contribution in [1.29, 1.82) is 0 Å². The van der Waals surface area contributed by atoms with Crippen LogP contribution in [0.4, 0.5) is 0 Å². The van der Waals surface area contributed by atoms with Crippen molar-refractivity contribution in [1.82, 2.24) is 9.47 Å². The average molecular weight is 334 g/mol. The van der Waals surface area contributed by atoms with Gasteiger partial charge in [0.2, 0.25) is 0 Å². The van der Waals surface area contributed by atoms with E-state index in [1.165, 1.54) is 5.56 Å². The highest BCUT2D eigenvalue weighted by atomic mass is 35.5. The number of likely N-dealkylation sites (tertiary alicyclic amines) is 1. The van der Waals surface area contributed by atoms with Crippen molar-refractivity contribution >= 4 is 18.3 Å². The lowest BCUT2D eigenvalue weighted by Crippen LogP contribution is -2.32. The van der Waals surface area contributed by atoms with Crippen LogP contribution in [0.25, 0.3) is 0 Å². The molecule has 2 heterocycles. The van der Waals surface area contributed by atoms with Crippen molar-refractivity contribution in [3.63, 3.8) is 0 Å². The van der Waals surface area contributed by atoms with Crippen LogP contribution in [0, 0.1) is 13.8 Å². The first kappa shape index (κ1) is 17.6. The first-order valence-electron chi connectivity index (χ1n) is 7.82. The Balaban J connectivity index is 0.00000192. The Morgan fingerprint density at radius 2 is 1.96 bits per heavy atom. The van der Waals surface area contributed by atoms with Crippen LogP contribution < -0.4 is 5.73 Å². The Morgan fingerprint density at radius 1 is 1.26 bits per heavy atom. The molecule has 23 heavy (non-hydrogen) atoms. The molecule has 1 aromatic heterocycles. The van der Waals surface area contributed by atoms with Gasteiger partial charge in [0, 0.05) is 37.1 Å². The summed E-state index contributed by atoms with van der Waals surface area (Å²) in [5.74, 6) is 0.111. The smallest absolute Gasteiger partial charge is 0.255 e. The number of rotatable bonds is 3. The van der Waals surface area contributed by atoms with Crippen molar-refractivity contribution < 1.29 is 4.79 Å². The third-order valence-corrected chi connectivity index (χ3v) is 4.50. The molecule has 1 atom stereocenters. The summed E-state index contributed by atoms with van der Waals surface area (Å²) in [6.45, 7) is 6.32. The van der Waals surface area contributed by atoms with Gasteiger partial charge in [-0.25, -0.2) is 0 Å². The van der Waals surface area contributed by atoms with Gasteiger partial charge in [-0.3, -0.25) is 4.79 Å². The first-order valence-corrected chi connectivity index (χ1v) is 7.82. The van der Waals surface area contributed by atoms with Gasteiger partial charge < -0.3 is 15.2 Å². The van der Waals surface area contributed by atoms with E-state index in [4.69, 9.17) is 5.73 Å². The molecule has 4 nitrogen and oxygen atoms in total. The van der Waals surface area contributed by atoms with Crippen LogP contribution in [0.3, 0.4) is 0 Å². The molecule has 1 aliphatic heterocycles.